The number of alkyl halides is 1. The minimum atomic E-state index is -3.86. The van der Waals surface area contributed by atoms with Crippen LogP contribution in [0.25, 0.3) is 0 Å². The molecular weight excluding hydrogens is 451 g/mol. The van der Waals surface area contributed by atoms with Crippen LogP contribution in [0.1, 0.15) is 45.6 Å². The van der Waals surface area contributed by atoms with Crippen molar-refractivity contribution in [2.75, 3.05) is 18.0 Å². The van der Waals surface area contributed by atoms with Gasteiger partial charge in [-0.25, -0.2) is 22.6 Å². The standard InChI is InChI=1S/C22H23FN4O5S/c1-14-2-4-15(5-3-14)13-33(31,32)26-21(28)16-6-8-27(9-7-16)20-17(12-24)10-18(22(29)30)19(11-23)25-20/h2-5,10,16H,6-9,11,13H2,1H3,(H,26,28)(H,29,30). The van der Waals surface area contributed by atoms with Crippen LogP contribution in [0.3, 0.4) is 0 Å². The van der Waals surface area contributed by atoms with E-state index in [4.69, 9.17) is 0 Å². The SMILES string of the molecule is Cc1ccc(CS(=O)(=O)NC(=O)C2CCN(c3nc(CF)c(C(=O)O)cc3C#N)CC2)cc1. The Hall–Kier alpha value is -3.52. The van der Waals surface area contributed by atoms with Gasteiger partial charge in [-0.3, -0.25) is 9.52 Å². The minimum absolute atomic E-state index is 0.00632. The average molecular weight is 475 g/mol. The Balaban J connectivity index is 1.66. The number of carbonyl (C=O) groups excluding carboxylic acids is 1. The van der Waals surface area contributed by atoms with E-state index in [0.29, 0.717) is 18.4 Å². The number of nitrogens with zero attached hydrogens (tertiary/aromatic N) is 3. The van der Waals surface area contributed by atoms with Gasteiger partial charge in [-0.2, -0.15) is 5.26 Å². The lowest BCUT2D eigenvalue weighted by Gasteiger charge is -2.32. The van der Waals surface area contributed by atoms with Gasteiger partial charge in [0.15, 0.2) is 0 Å². The molecule has 1 aromatic carbocycles. The molecule has 2 aromatic rings. The number of piperidine rings is 1. The van der Waals surface area contributed by atoms with Crippen molar-refractivity contribution in [2.24, 2.45) is 5.92 Å². The molecule has 0 atom stereocenters. The number of aryl methyl sites for hydroxylation is 1. The molecule has 1 amide bonds. The average Bonchev–Trinajstić information content (AvgIpc) is 2.79. The molecule has 1 aromatic heterocycles. The second kappa shape index (κ2) is 9.95. The zero-order chi connectivity index (χ0) is 24.2. The first-order valence-electron chi connectivity index (χ1n) is 10.2. The molecule has 1 aliphatic rings. The lowest BCUT2D eigenvalue weighted by Crippen LogP contribution is -2.43. The molecule has 33 heavy (non-hydrogen) atoms. The lowest BCUT2D eigenvalue weighted by molar-refractivity contribution is -0.123. The van der Waals surface area contributed by atoms with Crippen LogP contribution < -0.4 is 9.62 Å². The Labute approximate surface area is 190 Å². The summed E-state index contributed by atoms with van der Waals surface area (Å²) in [5.74, 6) is -2.68. The van der Waals surface area contributed by atoms with Crippen LogP contribution in [-0.4, -0.2) is 43.5 Å². The maximum atomic E-state index is 13.3. The van der Waals surface area contributed by atoms with Gasteiger partial charge in [0.1, 0.15) is 18.6 Å². The number of sulfonamides is 1. The number of hydrogen-bond donors (Lipinski definition) is 2. The quantitative estimate of drug-likeness (QED) is 0.623. The summed E-state index contributed by atoms with van der Waals surface area (Å²) in [5, 5.41) is 18.6. The van der Waals surface area contributed by atoms with E-state index < -0.39 is 34.5 Å². The molecule has 174 valence electrons. The van der Waals surface area contributed by atoms with Crippen molar-refractivity contribution < 1.29 is 27.5 Å². The highest BCUT2D eigenvalue weighted by molar-refractivity contribution is 7.89. The molecule has 0 unspecified atom stereocenters. The molecule has 0 radical (unpaired) electrons. The van der Waals surface area contributed by atoms with Crippen molar-refractivity contribution in [1.29, 1.82) is 5.26 Å². The Morgan fingerprint density at radius 2 is 1.91 bits per heavy atom. The number of halogens is 1. The van der Waals surface area contributed by atoms with Crippen LogP contribution in [-0.2, 0) is 27.2 Å². The molecule has 2 heterocycles. The second-order valence-corrected chi connectivity index (χ2v) is 9.60. The number of aromatic carboxylic acids is 1. The minimum Gasteiger partial charge on any atom is -0.478 e. The van der Waals surface area contributed by atoms with Gasteiger partial charge in [0.2, 0.25) is 15.9 Å². The van der Waals surface area contributed by atoms with Crippen molar-refractivity contribution in [2.45, 2.75) is 32.2 Å². The van der Waals surface area contributed by atoms with Gasteiger partial charge in [-0.1, -0.05) is 29.8 Å². The van der Waals surface area contributed by atoms with Gasteiger partial charge in [0.25, 0.3) is 0 Å². The predicted octanol–water partition coefficient (Wildman–Crippen LogP) is 2.29. The first-order valence-corrected chi connectivity index (χ1v) is 11.9. The molecule has 9 nitrogen and oxygen atoms in total. The smallest absolute Gasteiger partial charge is 0.337 e. The molecule has 1 aliphatic heterocycles. The van der Waals surface area contributed by atoms with Crippen LogP contribution in [0.4, 0.5) is 10.2 Å². The Kier molecular flexibility index (Phi) is 7.28. The van der Waals surface area contributed by atoms with E-state index in [1.165, 1.54) is 0 Å². The molecule has 0 spiro atoms. The number of nitriles is 1. The number of carbonyl (C=O) groups is 2. The van der Waals surface area contributed by atoms with Crippen molar-refractivity contribution in [3.63, 3.8) is 0 Å². The molecule has 0 bridgehead atoms. The number of aromatic nitrogens is 1. The molecule has 11 heteroatoms. The first kappa shape index (κ1) is 24.1. The summed E-state index contributed by atoms with van der Waals surface area (Å²) in [4.78, 5) is 29.5. The summed E-state index contributed by atoms with van der Waals surface area (Å²) in [6.07, 6.45) is 0.591. The number of hydrogen-bond acceptors (Lipinski definition) is 7. The summed E-state index contributed by atoms with van der Waals surface area (Å²) in [7, 11) is -3.86. The van der Waals surface area contributed by atoms with E-state index in [0.717, 1.165) is 11.6 Å². The van der Waals surface area contributed by atoms with Crippen LogP contribution in [0.2, 0.25) is 0 Å². The number of carboxylic acid groups (broad SMARTS) is 1. The van der Waals surface area contributed by atoms with E-state index in [1.807, 2.05) is 13.0 Å². The fraction of sp³-hybridized carbons (Fsp3) is 0.364. The number of rotatable bonds is 7. The predicted molar refractivity (Wildman–Crippen MR) is 118 cm³/mol. The Morgan fingerprint density at radius 1 is 1.27 bits per heavy atom. The molecule has 3 rings (SSSR count). The molecular formula is C22H23FN4O5S. The second-order valence-electron chi connectivity index (χ2n) is 7.88. The summed E-state index contributed by atoms with van der Waals surface area (Å²) in [5.41, 5.74) is 0.911. The van der Waals surface area contributed by atoms with Crippen LogP contribution in [0.15, 0.2) is 30.3 Å². The molecule has 2 N–H and O–H groups in total. The fourth-order valence-electron chi connectivity index (χ4n) is 3.68. The van der Waals surface area contributed by atoms with Crippen molar-refractivity contribution in [3.8, 4) is 6.07 Å². The third-order valence-electron chi connectivity index (χ3n) is 5.46. The van der Waals surface area contributed by atoms with Crippen molar-refractivity contribution in [3.05, 3.63) is 58.3 Å². The van der Waals surface area contributed by atoms with Crippen LogP contribution in [0.5, 0.6) is 0 Å². The topological polar surface area (TPSA) is 140 Å². The summed E-state index contributed by atoms with van der Waals surface area (Å²) in [6, 6.07) is 9.95. The van der Waals surface area contributed by atoms with Gasteiger partial charge < -0.3 is 10.0 Å². The van der Waals surface area contributed by atoms with E-state index in [1.54, 1.807) is 29.2 Å². The monoisotopic (exact) mass is 474 g/mol. The largest absolute Gasteiger partial charge is 0.478 e. The Morgan fingerprint density at radius 3 is 2.45 bits per heavy atom. The van der Waals surface area contributed by atoms with Gasteiger partial charge in [-0.05, 0) is 31.4 Å². The number of pyridine rings is 1. The normalized spacial score (nSPS) is 14.5. The number of amides is 1. The van der Waals surface area contributed by atoms with Gasteiger partial charge in [0.05, 0.1) is 22.6 Å². The van der Waals surface area contributed by atoms with Gasteiger partial charge in [-0.15, -0.1) is 0 Å². The number of nitrogens with one attached hydrogen (secondary N) is 1. The molecule has 1 fully saturated rings. The Bertz CT molecular complexity index is 1200. The summed E-state index contributed by atoms with van der Waals surface area (Å²) >= 11 is 0. The van der Waals surface area contributed by atoms with Gasteiger partial charge >= 0.3 is 5.97 Å². The van der Waals surface area contributed by atoms with Crippen LogP contribution >= 0.6 is 0 Å². The fourth-order valence-corrected chi connectivity index (χ4v) is 4.86. The molecule has 0 saturated carbocycles. The number of carboxylic acids is 1. The van der Waals surface area contributed by atoms with E-state index in [9.17, 15) is 32.8 Å². The van der Waals surface area contributed by atoms with E-state index >= 15 is 0 Å². The maximum Gasteiger partial charge on any atom is 0.337 e. The number of benzene rings is 1. The zero-order valence-corrected chi connectivity index (χ0v) is 18.7. The third-order valence-corrected chi connectivity index (χ3v) is 6.68. The lowest BCUT2D eigenvalue weighted by atomic mass is 9.96. The van der Waals surface area contributed by atoms with Crippen molar-refractivity contribution in [1.82, 2.24) is 9.71 Å². The van der Waals surface area contributed by atoms with Crippen LogP contribution in [0, 0.1) is 24.2 Å². The third kappa shape index (κ3) is 5.84. The molecule has 0 aliphatic carbocycles. The zero-order valence-electron chi connectivity index (χ0n) is 17.9. The summed E-state index contributed by atoms with van der Waals surface area (Å²) < 4.78 is 40.2. The number of anilines is 1. The molecule has 1 saturated heterocycles. The van der Waals surface area contributed by atoms with Crippen molar-refractivity contribution >= 4 is 27.7 Å². The highest BCUT2D eigenvalue weighted by Crippen LogP contribution is 2.27. The first-order chi connectivity index (χ1) is 15.6. The summed E-state index contributed by atoms with van der Waals surface area (Å²) in [6.45, 7) is 1.34. The van der Waals surface area contributed by atoms with E-state index in [2.05, 4.69) is 9.71 Å². The maximum absolute atomic E-state index is 13.3. The highest BCUT2D eigenvalue weighted by atomic mass is 32.2. The highest BCUT2D eigenvalue weighted by Gasteiger charge is 2.30. The van der Waals surface area contributed by atoms with Gasteiger partial charge in [0, 0.05) is 19.0 Å². The van der Waals surface area contributed by atoms with E-state index in [-0.39, 0.29) is 41.5 Å².